The largest absolute Gasteiger partial charge is 0.469 e. The predicted molar refractivity (Wildman–Crippen MR) is 83.8 cm³/mol. The average Bonchev–Trinajstić information content (AvgIpc) is 3.06. The van der Waals surface area contributed by atoms with Gasteiger partial charge < -0.3 is 14.7 Å². The first-order valence-electron chi connectivity index (χ1n) is 7.71. The van der Waals surface area contributed by atoms with E-state index in [0.29, 0.717) is 30.6 Å². The number of fused-ring (bicyclic) bond motifs is 1. The van der Waals surface area contributed by atoms with Gasteiger partial charge in [0.15, 0.2) is 5.78 Å². The van der Waals surface area contributed by atoms with E-state index >= 15 is 0 Å². The van der Waals surface area contributed by atoms with E-state index in [9.17, 15) is 14.4 Å². The summed E-state index contributed by atoms with van der Waals surface area (Å²) in [7, 11) is 0. The third kappa shape index (κ3) is 2.97. The van der Waals surface area contributed by atoms with Crippen molar-refractivity contribution in [1.82, 2.24) is 10.3 Å². The van der Waals surface area contributed by atoms with Crippen molar-refractivity contribution in [3.63, 3.8) is 0 Å². The third-order valence-electron chi connectivity index (χ3n) is 4.03. The topological polar surface area (TPSA) is 92.2 Å². The van der Waals surface area contributed by atoms with Crippen LogP contribution in [0.3, 0.4) is 0 Å². The third-order valence-corrected chi connectivity index (χ3v) is 4.03. The van der Waals surface area contributed by atoms with Crippen molar-refractivity contribution < 1.29 is 14.0 Å². The Bertz CT molecular complexity index is 789. The minimum Gasteiger partial charge on any atom is -0.469 e. The number of amides is 1. The SMILES string of the molecule is CCCNC(=O)c1cc2c([nH]c1=O)C[C@H](c1ccco1)CC2=O. The maximum atomic E-state index is 12.4. The molecule has 6 nitrogen and oxygen atoms in total. The Kier molecular flexibility index (Phi) is 4.14. The van der Waals surface area contributed by atoms with Crippen molar-refractivity contribution in [2.75, 3.05) is 6.54 Å². The zero-order chi connectivity index (χ0) is 16.4. The van der Waals surface area contributed by atoms with Crippen molar-refractivity contribution in [2.24, 2.45) is 0 Å². The predicted octanol–water partition coefficient (Wildman–Crippen LogP) is 2.02. The fourth-order valence-corrected chi connectivity index (χ4v) is 2.86. The summed E-state index contributed by atoms with van der Waals surface area (Å²) in [6.45, 7) is 2.42. The first-order chi connectivity index (χ1) is 11.1. The molecule has 1 aliphatic rings. The molecule has 0 aromatic carbocycles. The molecule has 0 unspecified atom stereocenters. The maximum Gasteiger partial charge on any atom is 0.261 e. The minimum absolute atomic E-state index is 0.0120. The highest BCUT2D eigenvalue weighted by Gasteiger charge is 2.30. The van der Waals surface area contributed by atoms with E-state index in [0.717, 1.165) is 12.2 Å². The minimum atomic E-state index is -0.467. The Morgan fingerprint density at radius 2 is 2.22 bits per heavy atom. The molecule has 0 radical (unpaired) electrons. The average molecular weight is 314 g/mol. The molecule has 3 rings (SSSR count). The lowest BCUT2D eigenvalue weighted by Crippen LogP contribution is -2.33. The molecule has 2 aromatic heterocycles. The number of nitrogens with one attached hydrogen (secondary N) is 2. The summed E-state index contributed by atoms with van der Waals surface area (Å²) >= 11 is 0. The zero-order valence-electron chi connectivity index (χ0n) is 12.8. The van der Waals surface area contributed by atoms with Gasteiger partial charge in [-0.2, -0.15) is 0 Å². The number of H-pyrrole nitrogens is 1. The molecule has 1 atom stereocenters. The first kappa shape index (κ1) is 15.3. The Morgan fingerprint density at radius 3 is 2.91 bits per heavy atom. The lowest BCUT2D eigenvalue weighted by molar-refractivity contribution is 0.0952. The number of rotatable bonds is 4. The first-order valence-corrected chi connectivity index (χ1v) is 7.71. The summed E-state index contributed by atoms with van der Waals surface area (Å²) in [5.74, 6) is 0.111. The highest BCUT2D eigenvalue weighted by atomic mass is 16.3. The summed E-state index contributed by atoms with van der Waals surface area (Å²) in [4.78, 5) is 39.2. The molecular formula is C17H18N2O4. The van der Waals surface area contributed by atoms with Gasteiger partial charge in [0.05, 0.1) is 6.26 Å². The number of hydrogen-bond acceptors (Lipinski definition) is 4. The quantitative estimate of drug-likeness (QED) is 0.903. The van der Waals surface area contributed by atoms with Crippen molar-refractivity contribution in [3.05, 3.63) is 57.4 Å². The van der Waals surface area contributed by atoms with Crippen molar-refractivity contribution >= 4 is 11.7 Å². The molecule has 1 aliphatic carbocycles. The van der Waals surface area contributed by atoms with Crippen molar-refractivity contribution in [1.29, 1.82) is 0 Å². The van der Waals surface area contributed by atoms with Gasteiger partial charge in [-0.15, -0.1) is 0 Å². The van der Waals surface area contributed by atoms with E-state index in [1.165, 1.54) is 6.07 Å². The lowest BCUT2D eigenvalue weighted by Gasteiger charge is -2.22. The van der Waals surface area contributed by atoms with Gasteiger partial charge >= 0.3 is 0 Å². The Morgan fingerprint density at radius 1 is 1.39 bits per heavy atom. The van der Waals surface area contributed by atoms with Crippen molar-refractivity contribution in [3.8, 4) is 0 Å². The van der Waals surface area contributed by atoms with E-state index in [1.54, 1.807) is 12.3 Å². The summed E-state index contributed by atoms with van der Waals surface area (Å²) in [6, 6.07) is 5.02. The summed E-state index contributed by atoms with van der Waals surface area (Å²) in [5, 5.41) is 2.66. The highest BCUT2D eigenvalue weighted by Crippen LogP contribution is 2.31. The fraction of sp³-hybridized carbons (Fsp3) is 0.353. The van der Waals surface area contributed by atoms with Crippen LogP contribution in [0, 0.1) is 0 Å². The van der Waals surface area contributed by atoms with Gasteiger partial charge in [-0.25, -0.2) is 0 Å². The van der Waals surface area contributed by atoms with Crippen LogP contribution in [-0.4, -0.2) is 23.2 Å². The van der Waals surface area contributed by atoms with Crippen molar-refractivity contribution in [2.45, 2.75) is 32.1 Å². The molecule has 120 valence electrons. The van der Waals surface area contributed by atoms with Gasteiger partial charge in [0.1, 0.15) is 11.3 Å². The van der Waals surface area contributed by atoms with Gasteiger partial charge in [-0.3, -0.25) is 14.4 Å². The molecule has 6 heteroatoms. The standard InChI is InChI=1S/C17H18N2O4/c1-2-5-18-16(21)12-9-11-13(19-17(12)22)7-10(8-14(11)20)15-4-3-6-23-15/h3-4,6,9-10H,2,5,7-8H2,1H3,(H,18,21)(H,19,22)/t10-/m0/s1. The molecule has 0 spiro atoms. The van der Waals surface area contributed by atoms with Crippen LogP contribution in [0.15, 0.2) is 33.7 Å². The monoisotopic (exact) mass is 314 g/mol. The van der Waals surface area contributed by atoms with E-state index in [2.05, 4.69) is 10.3 Å². The number of hydrogen-bond donors (Lipinski definition) is 2. The molecule has 0 saturated heterocycles. The maximum absolute atomic E-state index is 12.4. The van der Waals surface area contributed by atoms with E-state index in [-0.39, 0.29) is 17.3 Å². The second-order valence-corrected chi connectivity index (χ2v) is 5.70. The molecule has 0 aliphatic heterocycles. The van der Waals surface area contributed by atoms with Gasteiger partial charge in [0.25, 0.3) is 11.5 Å². The van der Waals surface area contributed by atoms with Gasteiger partial charge in [0.2, 0.25) is 0 Å². The van der Waals surface area contributed by atoms with E-state index in [1.807, 2.05) is 13.0 Å². The van der Waals surface area contributed by atoms with Crippen LogP contribution in [0.2, 0.25) is 0 Å². The van der Waals surface area contributed by atoms with Gasteiger partial charge in [-0.1, -0.05) is 6.92 Å². The van der Waals surface area contributed by atoms with Crippen LogP contribution in [0.1, 0.15) is 57.9 Å². The zero-order valence-corrected chi connectivity index (χ0v) is 12.8. The summed E-state index contributed by atoms with van der Waals surface area (Å²) < 4.78 is 5.36. The molecule has 23 heavy (non-hydrogen) atoms. The Balaban J connectivity index is 1.92. The fourth-order valence-electron chi connectivity index (χ4n) is 2.86. The summed E-state index contributed by atoms with van der Waals surface area (Å²) in [6.07, 6.45) is 3.17. The molecule has 2 heterocycles. The normalized spacial score (nSPS) is 16.9. The Labute approximate surface area is 132 Å². The summed E-state index contributed by atoms with van der Waals surface area (Å²) in [5.41, 5.74) is 0.515. The van der Waals surface area contributed by atoms with Crippen LogP contribution in [-0.2, 0) is 6.42 Å². The number of Topliss-reactive ketones (excluding diaryl/α,β-unsaturated/α-hetero) is 1. The van der Waals surface area contributed by atoms with Gasteiger partial charge in [0, 0.05) is 30.1 Å². The molecule has 1 amide bonds. The number of pyridine rings is 1. The number of aromatic nitrogens is 1. The van der Waals surface area contributed by atoms with Crippen LogP contribution < -0.4 is 10.9 Å². The molecule has 2 N–H and O–H groups in total. The molecular weight excluding hydrogens is 296 g/mol. The van der Waals surface area contributed by atoms with Crippen LogP contribution in [0.4, 0.5) is 0 Å². The van der Waals surface area contributed by atoms with Crippen LogP contribution in [0.5, 0.6) is 0 Å². The molecule has 0 bridgehead atoms. The number of ketones is 1. The van der Waals surface area contributed by atoms with E-state index in [4.69, 9.17) is 4.42 Å². The number of aromatic amines is 1. The smallest absolute Gasteiger partial charge is 0.261 e. The van der Waals surface area contributed by atoms with Crippen LogP contribution in [0.25, 0.3) is 0 Å². The number of carbonyl (C=O) groups is 2. The Hall–Kier alpha value is -2.63. The second-order valence-electron chi connectivity index (χ2n) is 5.70. The molecule has 0 fully saturated rings. The lowest BCUT2D eigenvalue weighted by atomic mass is 9.84. The second kappa shape index (κ2) is 6.24. The molecule has 2 aromatic rings. The number of carbonyl (C=O) groups excluding carboxylic acids is 2. The van der Waals surface area contributed by atoms with Gasteiger partial charge in [-0.05, 0) is 31.0 Å². The van der Waals surface area contributed by atoms with Crippen LogP contribution >= 0.6 is 0 Å². The van der Waals surface area contributed by atoms with E-state index < -0.39 is 11.5 Å². The number of furan rings is 1. The molecule has 0 saturated carbocycles. The highest BCUT2D eigenvalue weighted by molar-refractivity contribution is 6.02.